The Balaban J connectivity index is 2.70. The Labute approximate surface area is 137 Å². The first-order valence-corrected chi connectivity index (χ1v) is 7.72. The number of carboxylic acids is 1. The number of halogens is 1. The van der Waals surface area contributed by atoms with E-state index in [4.69, 9.17) is 4.74 Å². The van der Waals surface area contributed by atoms with Gasteiger partial charge in [0, 0.05) is 15.4 Å². The first kappa shape index (κ1) is 16.8. The second-order valence-electron chi connectivity index (χ2n) is 6.24. The lowest BCUT2D eigenvalue weighted by Crippen LogP contribution is -2.27. The molecule has 2 aromatic rings. The largest absolute Gasteiger partial charge is 0.507 e. The average Bonchev–Trinajstić information content (AvgIpc) is 2.37. The summed E-state index contributed by atoms with van der Waals surface area (Å²) in [7, 11) is 0. The van der Waals surface area contributed by atoms with E-state index in [0.29, 0.717) is 16.5 Å². The summed E-state index contributed by atoms with van der Waals surface area (Å²) in [6.07, 6.45) is -1.22. The highest BCUT2D eigenvalue weighted by atomic mass is 79.9. The van der Waals surface area contributed by atoms with Crippen LogP contribution < -0.4 is 0 Å². The molecule has 0 saturated carbocycles. The molecule has 1 unspecified atom stereocenters. The Morgan fingerprint density at radius 2 is 1.91 bits per heavy atom. The Hall–Kier alpha value is -1.59. The third kappa shape index (κ3) is 3.25. The maximum atomic E-state index is 11.6. The molecule has 2 rings (SSSR count). The van der Waals surface area contributed by atoms with E-state index in [1.807, 2.05) is 12.1 Å². The van der Waals surface area contributed by atoms with Gasteiger partial charge < -0.3 is 14.9 Å². The third-order valence-electron chi connectivity index (χ3n) is 3.31. The zero-order chi connectivity index (χ0) is 16.7. The summed E-state index contributed by atoms with van der Waals surface area (Å²) < 4.78 is 6.50. The van der Waals surface area contributed by atoms with Crippen LogP contribution >= 0.6 is 15.9 Å². The van der Waals surface area contributed by atoms with E-state index in [0.717, 1.165) is 9.86 Å². The Morgan fingerprint density at radius 1 is 1.27 bits per heavy atom. The molecule has 0 fully saturated rings. The molecule has 2 aromatic carbocycles. The molecule has 0 amide bonds. The van der Waals surface area contributed by atoms with Gasteiger partial charge in [-0.25, -0.2) is 4.79 Å². The van der Waals surface area contributed by atoms with Crippen LogP contribution in [0, 0.1) is 6.92 Å². The fourth-order valence-electron chi connectivity index (χ4n) is 2.43. The summed E-state index contributed by atoms with van der Waals surface area (Å²) in [6, 6.07) is 7.29. The van der Waals surface area contributed by atoms with Crippen LogP contribution in [0.2, 0.25) is 0 Å². The maximum Gasteiger partial charge on any atom is 0.337 e. The Morgan fingerprint density at radius 3 is 2.45 bits per heavy atom. The van der Waals surface area contributed by atoms with E-state index < -0.39 is 17.7 Å². The molecule has 0 aromatic heterocycles. The molecular weight excluding hydrogens is 348 g/mol. The average molecular weight is 367 g/mol. The van der Waals surface area contributed by atoms with Crippen molar-refractivity contribution in [3.8, 4) is 5.75 Å². The highest BCUT2D eigenvalue weighted by molar-refractivity contribution is 9.10. The van der Waals surface area contributed by atoms with Gasteiger partial charge in [-0.15, -0.1) is 0 Å². The number of phenolic OH excluding ortho intramolecular Hbond substituents is 1. The van der Waals surface area contributed by atoms with Crippen molar-refractivity contribution in [3.63, 3.8) is 0 Å². The molecule has 22 heavy (non-hydrogen) atoms. The molecule has 0 spiro atoms. The van der Waals surface area contributed by atoms with Crippen LogP contribution in [0.25, 0.3) is 10.8 Å². The molecule has 2 N–H and O–H groups in total. The van der Waals surface area contributed by atoms with Gasteiger partial charge in [0.2, 0.25) is 0 Å². The van der Waals surface area contributed by atoms with Crippen LogP contribution in [0.1, 0.15) is 38.0 Å². The number of aliphatic carboxylic acids is 1. The van der Waals surface area contributed by atoms with Gasteiger partial charge in [-0.3, -0.25) is 0 Å². The number of hydrogen-bond acceptors (Lipinski definition) is 3. The standard InChI is InChI=1S/C17H19BrO4/c1-9-8-11-10(6-5-7-12(11)18)14(19)13(9)15(16(20)21)22-17(2,3)4/h5-8,15,19H,1-4H3,(H,20,21). The van der Waals surface area contributed by atoms with E-state index in [9.17, 15) is 15.0 Å². The zero-order valence-electron chi connectivity index (χ0n) is 13.0. The fourth-order valence-corrected chi connectivity index (χ4v) is 2.91. The number of rotatable bonds is 3. The predicted octanol–water partition coefficient (Wildman–Crippen LogP) is 4.56. The summed E-state index contributed by atoms with van der Waals surface area (Å²) in [6.45, 7) is 7.13. The van der Waals surface area contributed by atoms with Crippen molar-refractivity contribution < 1.29 is 19.7 Å². The van der Waals surface area contributed by atoms with Gasteiger partial charge in [-0.2, -0.15) is 0 Å². The van der Waals surface area contributed by atoms with Crippen molar-refractivity contribution in [3.05, 3.63) is 39.9 Å². The number of aromatic hydroxyl groups is 1. The van der Waals surface area contributed by atoms with E-state index in [1.54, 1.807) is 39.8 Å². The Kier molecular flexibility index (Phi) is 4.49. The first-order valence-electron chi connectivity index (χ1n) is 6.93. The van der Waals surface area contributed by atoms with Crippen molar-refractivity contribution in [2.45, 2.75) is 39.4 Å². The highest BCUT2D eigenvalue weighted by Gasteiger charge is 2.31. The lowest BCUT2D eigenvalue weighted by atomic mass is 9.96. The van der Waals surface area contributed by atoms with Crippen LogP contribution in [-0.4, -0.2) is 21.8 Å². The molecule has 0 heterocycles. The number of fused-ring (bicyclic) bond motifs is 1. The SMILES string of the molecule is Cc1cc2c(Br)cccc2c(O)c1C(OC(C)(C)C)C(=O)O. The van der Waals surface area contributed by atoms with Crippen molar-refractivity contribution in [1.29, 1.82) is 0 Å². The zero-order valence-corrected chi connectivity index (χ0v) is 14.6. The molecule has 1 atom stereocenters. The minimum atomic E-state index is -1.22. The van der Waals surface area contributed by atoms with Gasteiger partial charge in [0.1, 0.15) is 5.75 Å². The maximum absolute atomic E-state index is 11.6. The second kappa shape index (κ2) is 5.89. The van der Waals surface area contributed by atoms with Gasteiger partial charge in [0.25, 0.3) is 0 Å². The number of benzene rings is 2. The van der Waals surface area contributed by atoms with Gasteiger partial charge in [0.05, 0.1) is 5.60 Å². The monoisotopic (exact) mass is 366 g/mol. The lowest BCUT2D eigenvalue weighted by molar-refractivity contribution is -0.160. The number of phenols is 1. The minimum absolute atomic E-state index is 0.0482. The summed E-state index contributed by atoms with van der Waals surface area (Å²) >= 11 is 3.45. The van der Waals surface area contributed by atoms with Gasteiger partial charge in [0.15, 0.2) is 6.10 Å². The van der Waals surface area contributed by atoms with Crippen LogP contribution in [0.3, 0.4) is 0 Å². The minimum Gasteiger partial charge on any atom is -0.507 e. The van der Waals surface area contributed by atoms with Gasteiger partial charge in [-0.1, -0.05) is 28.1 Å². The topological polar surface area (TPSA) is 66.8 Å². The number of aryl methyl sites for hydroxylation is 1. The molecule has 118 valence electrons. The number of carbonyl (C=O) groups is 1. The number of carboxylic acid groups (broad SMARTS) is 1. The molecule has 0 aliphatic rings. The van der Waals surface area contributed by atoms with Crippen LogP contribution in [0.15, 0.2) is 28.7 Å². The number of ether oxygens (including phenoxy) is 1. The van der Waals surface area contributed by atoms with Crippen molar-refractivity contribution in [1.82, 2.24) is 0 Å². The van der Waals surface area contributed by atoms with E-state index in [2.05, 4.69) is 15.9 Å². The van der Waals surface area contributed by atoms with E-state index in [-0.39, 0.29) is 5.75 Å². The summed E-state index contributed by atoms with van der Waals surface area (Å²) in [4.78, 5) is 11.6. The highest BCUT2D eigenvalue weighted by Crippen LogP contribution is 2.40. The van der Waals surface area contributed by atoms with Crippen molar-refractivity contribution in [2.75, 3.05) is 0 Å². The molecule has 0 saturated heterocycles. The van der Waals surface area contributed by atoms with Crippen molar-refractivity contribution >= 4 is 32.7 Å². The quantitative estimate of drug-likeness (QED) is 0.835. The normalized spacial score (nSPS) is 13.3. The first-order chi connectivity index (χ1) is 10.1. The van der Waals surface area contributed by atoms with Crippen LogP contribution in [-0.2, 0) is 9.53 Å². The van der Waals surface area contributed by atoms with Gasteiger partial charge >= 0.3 is 5.97 Å². The summed E-state index contributed by atoms with van der Waals surface area (Å²) in [5.41, 5.74) is 0.329. The smallest absolute Gasteiger partial charge is 0.337 e. The fraction of sp³-hybridized carbons (Fsp3) is 0.353. The van der Waals surface area contributed by atoms with Crippen molar-refractivity contribution in [2.24, 2.45) is 0 Å². The van der Waals surface area contributed by atoms with Crippen LogP contribution in [0.5, 0.6) is 5.75 Å². The van der Waals surface area contributed by atoms with Crippen LogP contribution in [0.4, 0.5) is 0 Å². The predicted molar refractivity (Wildman–Crippen MR) is 89.3 cm³/mol. The molecule has 0 aliphatic carbocycles. The molecule has 5 heteroatoms. The summed E-state index contributed by atoms with van der Waals surface area (Å²) in [5, 5.41) is 21.6. The second-order valence-corrected chi connectivity index (χ2v) is 7.09. The third-order valence-corrected chi connectivity index (χ3v) is 4.00. The molecule has 0 aliphatic heterocycles. The lowest BCUT2D eigenvalue weighted by Gasteiger charge is -2.27. The Bertz CT molecular complexity index is 731. The van der Waals surface area contributed by atoms with E-state index in [1.165, 1.54) is 0 Å². The molecule has 4 nitrogen and oxygen atoms in total. The summed E-state index contributed by atoms with van der Waals surface area (Å²) in [5.74, 6) is -1.17. The molecular formula is C17H19BrO4. The molecule has 0 bridgehead atoms. The van der Waals surface area contributed by atoms with E-state index >= 15 is 0 Å². The number of hydrogen-bond donors (Lipinski definition) is 2. The molecule has 0 radical (unpaired) electrons. The van der Waals surface area contributed by atoms with Gasteiger partial charge in [-0.05, 0) is 50.8 Å².